The van der Waals surface area contributed by atoms with Crippen molar-refractivity contribution in [3.63, 3.8) is 0 Å². The van der Waals surface area contributed by atoms with Gasteiger partial charge in [-0.3, -0.25) is 10.1 Å². The molecule has 0 amide bonds. The second-order valence-electron chi connectivity index (χ2n) is 8.30. The van der Waals surface area contributed by atoms with Gasteiger partial charge in [-0.2, -0.15) is 18.4 Å². The van der Waals surface area contributed by atoms with Crippen LogP contribution in [-0.2, 0) is 12.0 Å². The molecule has 0 radical (unpaired) electrons. The first-order valence-corrected chi connectivity index (χ1v) is 11.3. The third-order valence-electron chi connectivity index (χ3n) is 6.18. The summed E-state index contributed by atoms with van der Waals surface area (Å²) in [5.74, 6) is -1.68. The Morgan fingerprint density at radius 3 is 2.58 bits per heavy atom. The number of hydrogen-bond acceptors (Lipinski definition) is 7. The lowest BCUT2D eigenvalue weighted by atomic mass is 9.72. The van der Waals surface area contributed by atoms with Gasteiger partial charge >= 0.3 is 12.1 Å². The largest absolute Gasteiger partial charge is 0.478 e. The number of fused-ring (bicyclic) bond motifs is 1. The van der Waals surface area contributed by atoms with Gasteiger partial charge in [0.2, 0.25) is 0 Å². The highest BCUT2D eigenvalue weighted by molar-refractivity contribution is 6.35. The first-order chi connectivity index (χ1) is 17.9. The van der Waals surface area contributed by atoms with E-state index in [4.69, 9.17) is 16.9 Å². The van der Waals surface area contributed by atoms with Crippen molar-refractivity contribution < 1.29 is 28.0 Å². The first-order valence-electron chi connectivity index (χ1n) is 10.9. The lowest BCUT2D eigenvalue weighted by Crippen LogP contribution is -2.44. The van der Waals surface area contributed by atoms with E-state index in [1.165, 1.54) is 13.0 Å². The monoisotopic (exact) mass is 544 g/mol. The number of alkyl halides is 3. The molecule has 0 bridgehead atoms. The van der Waals surface area contributed by atoms with Gasteiger partial charge in [0.15, 0.2) is 0 Å². The second kappa shape index (κ2) is 9.71. The van der Waals surface area contributed by atoms with E-state index in [0.717, 1.165) is 23.0 Å². The van der Waals surface area contributed by atoms with Gasteiger partial charge in [0.05, 0.1) is 33.8 Å². The molecule has 0 aliphatic rings. The average molecular weight is 545 g/mol. The number of nitriles is 1. The number of carbonyl (C=O) groups is 1. The number of carboxylic acids is 1. The van der Waals surface area contributed by atoms with Gasteiger partial charge in [0, 0.05) is 17.5 Å². The third kappa shape index (κ3) is 4.50. The van der Waals surface area contributed by atoms with Gasteiger partial charge in [-0.15, -0.1) is 5.10 Å². The van der Waals surface area contributed by atoms with Crippen LogP contribution in [-0.4, -0.2) is 42.2 Å². The molecule has 0 aliphatic heterocycles. The number of nitro groups is 1. The standard InChI is InChI=1S/C24H16ClF3N6O4/c1-2-23(24(26,27)28,18-9-15(34(37)38)4-6-16(18)22(35)36)21-12-33(32-31-21)11-13-3-5-17-19(25)8-14(10-29)30-20(17)7-13/h3-9,12H,2,11H2,1H3,(H,35,36)/t23-/m0/s1. The fourth-order valence-corrected chi connectivity index (χ4v) is 4.60. The molecule has 4 rings (SSSR count). The molecule has 0 fully saturated rings. The predicted octanol–water partition coefficient (Wildman–Crippen LogP) is 5.26. The lowest BCUT2D eigenvalue weighted by molar-refractivity contribution is -0.385. The maximum Gasteiger partial charge on any atom is 0.404 e. The summed E-state index contributed by atoms with van der Waals surface area (Å²) in [6.45, 7) is 1.14. The molecule has 194 valence electrons. The van der Waals surface area contributed by atoms with Gasteiger partial charge in [0.1, 0.15) is 22.9 Å². The van der Waals surface area contributed by atoms with Crippen molar-refractivity contribution in [2.45, 2.75) is 31.5 Å². The molecule has 38 heavy (non-hydrogen) atoms. The molecule has 14 heteroatoms. The highest BCUT2D eigenvalue weighted by Gasteiger charge is 2.59. The van der Waals surface area contributed by atoms with Crippen molar-refractivity contribution in [3.8, 4) is 6.07 Å². The molecule has 1 atom stereocenters. The Balaban J connectivity index is 1.83. The summed E-state index contributed by atoms with van der Waals surface area (Å²) in [5.41, 5.74) is -4.82. The number of nitro benzene ring substituents is 1. The number of non-ortho nitro benzene ring substituents is 1. The van der Waals surface area contributed by atoms with Crippen LogP contribution in [0.15, 0.2) is 48.7 Å². The zero-order valence-corrected chi connectivity index (χ0v) is 20.2. The van der Waals surface area contributed by atoms with Crippen LogP contribution in [0, 0.1) is 21.4 Å². The van der Waals surface area contributed by atoms with Crippen LogP contribution in [0.1, 0.15) is 46.2 Å². The molecule has 10 nitrogen and oxygen atoms in total. The summed E-state index contributed by atoms with van der Waals surface area (Å²) in [7, 11) is 0. The molecule has 4 aromatic rings. The molecule has 0 saturated carbocycles. The number of rotatable bonds is 7. The van der Waals surface area contributed by atoms with Gasteiger partial charge < -0.3 is 5.11 Å². The van der Waals surface area contributed by atoms with Gasteiger partial charge in [0.25, 0.3) is 5.69 Å². The van der Waals surface area contributed by atoms with E-state index in [1.54, 1.807) is 18.2 Å². The Hall–Kier alpha value is -4.57. The van der Waals surface area contributed by atoms with Crippen molar-refractivity contribution in [3.05, 3.63) is 91.9 Å². The average Bonchev–Trinajstić information content (AvgIpc) is 3.31. The predicted molar refractivity (Wildman–Crippen MR) is 128 cm³/mol. The molecule has 0 unspecified atom stereocenters. The fraction of sp³-hybridized carbons (Fsp3) is 0.208. The van der Waals surface area contributed by atoms with Gasteiger partial charge in [-0.25, -0.2) is 14.5 Å². The summed E-state index contributed by atoms with van der Waals surface area (Å²) in [4.78, 5) is 26.4. The molecule has 0 saturated heterocycles. The minimum Gasteiger partial charge on any atom is -0.478 e. The molecular weight excluding hydrogens is 529 g/mol. The zero-order valence-electron chi connectivity index (χ0n) is 19.4. The number of carboxylic acid groups (broad SMARTS) is 1. The number of aromatic carboxylic acids is 1. The number of halogens is 4. The summed E-state index contributed by atoms with van der Waals surface area (Å²) in [6, 6.07) is 10.4. The first kappa shape index (κ1) is 26.5. The van der Waals surface area contributed by atoms with Crippen LogP contribution in [0.3, 0.4) is 0 Å². The fourth-order valence-electron chi connectivity index (χ4n) is 4.34. The minimum atomic E-state index is -5.08. The van der Waals surface area contributed by atoms with Crippen molar-refractivity contribution in [2.75, 3.05) is 0 Å². The Labute approximate surface area is 217 Å². The van der Waals surface area contributed by atoms with E-state index >= 15 is 0 Å². The smallest absolute Gasteiger partial charge is 0.404 e. The molecular formula is C24H16ClF3N6O4. The van der Waals surface area contributed by atoms with Crippen molar-refractivity contribution in [2.24, 2.45) is 0 Å². The second-order valence-corrected chi connectivity index (χ2v) is 8.71. The van der Waals surface area contributed by atoms with Crippen molar-refractivity contribution in [1.82, 2.24) is 20.0 Å². The number of pyridine rings is 1. The number of aromatic nitrogens is 4. The summed E-state index contributed by atoms with van der Waals surface area (Å²) >= 11 is 6.18. The van der Waals surface area contributed by atoms with Crippen LogP contribution >= 0.6 is 11.6 Å². The Bertz CT molecular complexity index is 1630. The molecule has 2 aromatic heterocycles. The van der Waals surface area contributed by atoms with E-state index in [9.17, 15) is 33.2 Å². The van der Waals surface area contributed by atoms with Gasteiger partial charge in [-0.1, -0.05) is 35.9 Å². The molecule has 0 spiro atoms. The topological polar surface area (TPSA) is 148 Å². The van der Waals surface area contributed by atoms with E-state index < -0.39 is 51.4 Å². The van der Waals surface area contributed by atoms with Crippen LogP contribution in [0.2, 0.25) is 5.02 Å². The van der Waals surface area contributed by atoms with E-state index in [1.807, 2.05) is 6.07 Å². The summed E-state index contributed by atoms with van der Waals surface area (Å²) in [6.07, 6.45) is -4.76. The lowest BCUT2D eigenvalue weighted by Gasteiger charge is -2.34. The number of nitrogens with zero attached hydrogens (tertiary/aromatic N) is 6. The highest BCUT2D eigenvalue weighted by Crippen LogP contribution is 2.49. The van der Waals surface area contributed by atoms with Crippen molar-refractivity contribution in [1.29, 1.82) is 5.26 Å². The highest BCUT2D eigenvalue weighted by atomic mass is 35.5. The Morgan fingerprint density at radius 1 is 1.24 bits per heavy atom. The Kier molecular flexibility index (Phi) is 6.77. The zero-order chi connectivity index (χ0) is 27.8. The van der Waals surface area contributed by atoms with Crippen LogP contribution in [0.25, 0.3) is 10.9 Å². The maximum absolute atomic E-state index is 14.8. The third-order valence-corrected chi connectivity index (χ3v) is 6.49. The van der Waals surface area contributed by atoms with E-state index in [0.29, 0.717) is 27.6 Å². The normalized spacial score (nSPS) is 13.2. The number of benzene rings is 2. The Morgan fingerprint density at radius 2 is 1.97 bits per heavy atom. The van der Waals surface area contributed by atoms with Crippen LogP contribution in [0.5, 0.6) is 0 Å². The van der Waals surface area contributed by atoms with Crippen LogP contribution < -0.4 is 0 Å². The van der Waals surface area contributed by atoms with Crippen molar-refractivity contribution >= 4 is 34.2 Å². The van der Waals surface area contributed by atoms with E-state index in [2.05, 4.69) is 15.3 Å². The molecule has 2 aromatic carbocycles. The minimum absolute atomic E-state index is 0.0442. The van der Waals surface area contributed by atoms with Gasteiger partial charge in [-0.05, 0) is 35.7 Å². The summed E-state index contributed by atoms with van der Waals surface area (Å²) in [5, 5.41) is 38.5. The number of hydrogen-bond donors (Lipinski definition) is 1. The molecule has 0 aliphatic carbocycles. The molecule has 2 heterocycles. The summed E-state index contributed by atoms with van der Waals surface area (Å²) < 4.78 is 45.4. The molecule has 1 N–H and O–H groups in total. The van der Waals surface area contributed by atoms with Crippen LogP contribution in [0.4, 0.5) is 18.9 Å². The SMILES string of the molecule is CC[C@@](c1cn(Cc2ccc3c(Cl)cc(C#N)nc3c2)nn1)(c1cc([N+](=O)[O-])ccc1C(=O)O)C(F)(F)F. The maximum atomic E-state index is 14.8. The van der Waals surface area contributed by atoms with E-state index in [-0.39, 0.29) is 12.2 Å². The quantitative estimate of drug-likeness (QED) is 0.244.